The van der Waals surface area contributed by atoms with Crippen molar-refractivity contribution in [2.24, 2.45) is 4.99 Å². The van der Waals surface area contributed by atoms with Crippen LogP contribution in [0.2, 0.25) is 5.02 Å². The number of benzene rings is 1. The fraction of sp³-hybridized carbons (Fsp3) is 0.235. The van der Waals surface area contributed by atoms with Crippen LogP contribution in [-0.4, -0.2) is 29.7 Å². The van der Waals surface area contributed by atoms with Gasteiger partial charge in [0.25, 0.3) is 0 Å². The van der Waals surface area contributed by atoms with E-state index in [1.807, 2.05) is 12.1 Å². The number of aliphatic imine (C=N–C) groups is 1. The molecule has 0 fully saturated rings. The molecule has 0 saturated heterocycles. The number of thiophene rings is 1. The SMILES string of the molecule is CN=C(NCCc1nc(-c2ccc(Cl)cc2)no1)NCc1ccsc1.I. The third-order valence-electron chi connectivity index (χ3n) is 3.47. The highest BCUT2D eigenvalue weighted by molar-refractivity contribution is 14.0. The van der Waals surface area contributed by atoms with E-state index in [0.717, 1.165) is 18.1 Å². The molecule has 1 aromatic carbocycles. The van der Waals surface area contributed by atoms with Gasteiger partial charge in [-0.3, -0.25) is 4.99 Å². The third kappa shape index (κ3) is 5.96. The molecule has 6 nitrogen and oxygen atoms in total. The summed E-state index contributed by atoms with van der Waals surface area (Å²) in [6.07, 6.45) is 0.611. The Bertz CT molecular complexity index is 820. The number of aromatic nitrogens is 2. The summed E-state index contributed by atoms with van der Waals surface area (Å²) in [4.78, 5) is 8.60. The zero-order valence-electron chi connectivity index (χ0n) is 14.1. The molecule has 3 rings (SSSR count). The zero-order chi connectivity index (χ0) is 17.5. The maximum atomic E-state index is 5.89. The zero-order valence-corrected chi connectivity index (χ0v) is 18.0. The number of hydrogen-bond donors (Lipinski definition) is 2. The molecule has 0 bridgehead atoms. The van der Waals surface area contributed by atoms with E-state index in [2.05, 4.69) is 42.6 Å². The fourth-order valence-corrected chi connectivity index (χ4v) is 2.95. The Balaban J connectivity index is 0.00000243. The Morgan fingerprint density at radius 2 is 2.04 bits per heavy atom. The van der Waals surface area contributed by atoms with E-state index in [1.54, 1.807) is 30.5 Å². The lowest BCUT2D eigenvalue weighted by molar-refractivity contribution is 0.378. The van der Waals surface area contributed by atoms with Crippen molar-refractivity contribution < 1.29 is 4.52 Å². The van der Waals surface area contributed by atoms with Crippen molar-refractivity contribution in [2.75, 3.05) is 13.6 Å². The minimum atomic E-state index is 0. The molecule has 0 radical (unpaired) electrons. The molecular weight excluding hydrogens is 485 g/mol. The van der Waals surface area contributed by atoms with Gasteiger partial charge < -0.3 is 15.2 Å². The van der Waals surface area contributed by atoms with Crippen molar-refractivity contribution in [3.05, 3.63) is 57.6 Å². The first-order valence-electron chi connectivity index (χ1n) is 7.78. The maximum absolute atomic E-state index is 5.89. The van der Waals surface area contributed by atoms with E-state index in [9.17, 15) is 0 Å². The molecule has 2 heterocycles. The molecule has 2 aromatic heterocycles. The van der Waals surface area contributed by atoms with Crippen LogP contribution >= 0.6 is 46.9 Å². The molecule has 0 aliphatic carbocycles. The Hall–Kier alpha value is -1.65. The summed E-state index contributed by atoms with van der Waals surface area (Å²) in [5, 5.41) is 15.3. The van der Waals surface area contributed by atoms with Gasteiger partial charge in [-0.15, -0.1) is 24.0 Å². The van der Waals surface area contributed by atoms with Crippen LogP contribution in [0, 0.1) is 0 Å². The van der Waals surface area contributed by atoms with Gasteiger partial charge in [0.05, 0.1) is 0 Å². The summed E-state index contributed by atoms with van der Waals surface area (Å²) in [5.74, 6) is 1.88. The highest BCUT2D eigenvalue weighted by Gasteiger charge is 2.08. The van der Waals surface area contributed by atoms with Crippen molar-refractivity contribution in [2.45, 2.75) is 13.0 Å². The minimum Gasteiger partial charge on any atom is -0.356 e. The third-order valence-corrected chi connectivity index (χ3v) is 4.45. The molecular formula is C17H19ClIN5OS. The Morgan fingerprint density at radius 3 is 2.73 bits per heavy atom. The van der Waals surface area contributed by atoms with Gasteiger partial charge in [-0.05, 0) is 46.7 Å². The number of guanidine groups is 1. The van der Waals surface area contributed by atoms with Crippen LogP contribution in [-0.2, 0) is 13.0 Å². The fourth-order valence-electron chi connectivity index (χ4n) is 2.16. The molecule has 0 atom stereocenters. The van der Waals surface area contributed by atoms with Crippen LogP contribution < -0.4 is 10.6 Å². The average Bonchev–Trinajstić information content (AvgIpc) is 3.30. The lowest BCUT2D eigenvalue weighted by Gasteiger charge is -2.10. The molecule has 0 aliphatic rings. The second-order valence-electron chi connectivity index (χ2n) is 5.25. The van der Waals surface area contributed by atoms with E-state index in [1.165, 1.54) is 5.56 Å². The van der Waals surface area contributed by atoms with Crippen molar-refractivity contribution in [3.63, 3.8) is 0 Å². The van der Waals surface area contributed by atoms with Gasteiger partial charge in [0, 0.05) is 37.1 Å². The van der Waals surface area contributed by atoms with Crippen LogP contribution in [0.4, 0.5) is 0 Å². The smallest absolute Gasteiger partial charge is 0.228 e. The molecule has 0 aliphatic heterocycles. The van der Waals surface area contributed by atoms with Gasteiger partial charge in [0.15, 0.2) is 5.96 Å². The first-order chi connectivity index (χ1) is 12.2. The molecule has 0 spiro atoms. The second-order valence-corrected chi connectivity index (χ2v) is 6.47. The lowest BCUT2D eigenvalue weighted by atomic mass is 10.2. The van der Waals surface area contributed by atoms with Gasteiger partial charge in [0.2, 0.25) is 11.7 Å². The predicted molar refractivity (Wildman–Crippen MR) is 116 cm³/mol. The molecule has 3 aromatic rings. The topological polar surface area (TPSA) is 75.3 Å². The summed E-state index contributed by atoms with van der Waals surface area (Å²) < 4.78 is 5.29. The average molecular weight is 504 g/mol. The number of nitrogens with zero attached hydrogens (tertiary/aromatic N) is 3. The normalized spacial score (nSPS) is 11.1. The van der Waals surface area contributed by atoms with Crippen LogP contribution in [0.5, 0.6) is 0 Å². The quantitative estimate of drug-likeness (QED) is 0.302. The van der Waals surface area contributed by atoms with E-state index < -0.39 is 0 Å². The van der Waals surface area contributed by atoms with Gasteiger partial charge in [-0.25, -0.2) is 0 Å². The monoisotopic (exact) mass is 503 g/mol. The van der Waals surface area contributed by atoms with E-state index in [0.29, 0.717) is 29.7 Å². The molecule has 26 heavy (non-hydrogen) atoms. The molecule has 138 valence electrons. The molecule has 0 saturated carbocycles. The van der Waals surface area contributed by atoms with Crippen molar-refractivity contribution in [1.82, 2.24) is 20.8 Å². The second kappa shape index (κ2) is 10.5. The predicted octanol–water partition coefficient (Wildman–Crippen LogP) is 3.98. The van der Waals surface area contributed by atoms with Crippen LogP contribution in [0.25, 0.3) is 11.4 Å². The standard InChI is InChI=1S/C17H18ClN5OS.HI/c1-19-17(21-10-12-7-9-25-11-12)20-8-6-15-22-16(23-24-15)13-2-4-14(18)5-3-13;/h2-5,7,9,11H,6,8,10H2,1H3,(H2,19,20,21);1H. The summed E-state index contributed by atoms with van der Waals surface area (Å²) in [6.45, 7) is 1.38. The van der Waals surface area contributed by atoms with Crippen LogP contribution in [0.3, 0.4) is 0 Å². The van der Waals surface area contributed by atoms with Crippen molar-refractivity contribution in [3.8, 4) is 11.4 Å². The van der Waals surface area contributed by atoms with E-state index in [-0.39, 0.29) is 24.0 Å². The highest BCUT2D eigenvalue weighted by atomic mass is 127. The minimum absolute atomic E-state index is 0. The Labute approximate surface area is 178 Å². The number of nitrogens with one attached hydrogen (secondary N) is 2. The molecule has 0 unspecified atom stereocenters. The highest BCUT2D eigenvalue weighted by Crippen LogP contribution is 2.18. The summed E-state index contributed by atoms with van der Waals surface area (Å²) in [7, 11) is 1.74. The van der Waals surface area contributed by atoms with E-state index in [4.69, 9.17) is 16.1 Å². The van der Waals surface area contributed by atoms with Gasteiger partial charge >= 0.3 is 0 Å². The maximum Gasteiger partial charge on any atom is 0.228 e. The number of hydrogen-bond acceptors (Lipinski definition) is 5. The van der Waals surface area contributed by atoms with Gasteiger partial charge in [-0.2, -0.15) is 16.3 Å². The lowest BCUT2D eigenvalue weighted by Crippen LogP contribution is -2.37. The Kier molecular flexibility index (Phi) is 8.33. The van der Waals surface area contributed by atoms with Crippen molar-refractivity contribution >= 4 is 52.9 Å². The molecule has 0 amide bonds. The first-order valence-corrected chi connectivity index (χ1v) is 9.11. The number of halogens is 2. The van der Waals surface area contributed by atoms with Gasteiger partial charge in [-0.1, -0.05) is 16.8 Å². The van der Waals surface area contributed by atoms with Crippen LogP contribution in [0.1, 0.15) is 11.5 Å². The van der Waals surface area contributed by atoms with Crippen LogP contribution in [0.15, 0.2) is 50.6 Å². The first kappa shape index (κ1) is 20.7. The molecule has 9 heteroatoms. The summed E-state index contributed by atoms with van der Waals surface area (Å²) >= 11 is 7.57. The number of rotatable bonds is 6. The largest absolute Gasteiger partial charge is 0.356 e. The Morgan fingerprint density at radius 1 is 1.23 bits per heavy atom. The summed E-state index contributed by atoms with van der Waals surface area (Å²) in [5.41, 5.74) is 2.11. The van der Waals surface area contributed by atoms with Gasteiger partial charge in [0.1, 0.15) is 0 Å². The summed E-state index contributed by atoms with van der Waals surface area (Å²) in [6, 6.07) is 9.42. The van der Waals surface area contributed by atoms with E-state index >= 15 is 0 Å². The molecule has 2 N–H and O–H groups in total. The van der Waals surface area contributed by atoms with Crippen molar-refractivity contribution in [1.29, 1.82) is 0 Å².